The average Bonchev–Trinajstić information content (AvgIpc) is 3.57. The molecule has 12 heteroatoms. The van der Waals surface area contributed by atoms with E-state index in [9.17, 15) is 18.4 Å². The lowest BCUT2D eigenvalue weighted by Gasteiger charge is -2.34. The molecule has 4 heterocycles. The zero-order valence-electron chi connectivity index (χ0n) is 22.6. The Bertz CT molecular complexity index is 1590. The van der Waals surface area contributed by atoms with Crippen LogP contribution in [0.1, 0.15) is 40.6 Å². The Hall–Kier alpha value is -3.64. The lowest BCUT2D eigenvalue weighted by molar-refractivity contribution is -0.123. The smallest absolute Gasteiger partial charge is 0.270 e. The highest BCUT2D eigenvalue weighted by molar-refractivity contribution is 9.10. The summed E-state index contributed by atoms with van der Waals surface area (Å²) >= 11 is 3.44. The van der Waals surface area contributed by atoms with Gasteiger partial charge in [-0.1, -0.05) is 21.1 Å². The summed E-state index contributed by atoms with van der Waals surface area (Å²) in [6.07, 6.45) is 4.15. The maximum absolute atomic E-state index is 14.2. The quantitative estimate of drug-likeness (QED) is 0.341. The van der Waals surface area contributed by atoms with Crippen LogP contribution in [0.25, 0.3) is 10.9 Å². The molecule has 2 amide bonds. The zero-order chi connectivity index (χ0) is 28.7. The minimum absolute atomic E-state index is 0.0221. The maximum Gasteiger partial charge on any atom is 0.270 e. The van der Waals surface area contributed by atoms with Crippen LogP contribution in [0.3, 0.4) is 0 Å². The summed E-state index contributed by atoms with van der Waals surface area (Å²) in [5.74, 6) is -1.57. The fraction of sp³-hybridized carbons (Fsp3) is 0.379. The van der Waals surface area contributed by atoms with Crippen LogP contribution in [-0.4, -0.2) is 80.9 Å². The highest BCUT2D eigenvalue weighted by Crippen LogP contribution is 2.29. The van der Waals surface area contributed by atoms with Crippen LogP contribution in [0.4, 0.5) is 14.5 Å². The van der Waals surface area contributed by atoms with Gasteiger partial charge in [0.25, 0.3) is 11.8 Å². The predicted molar refractivity (Wildman–Crippen MR) is 154 cm³/mol. The standard InChI is InChI=1S/C29H30BrF2N7O2/c1-18-23-15-20(31)16-24(32)27(23)33-26(18)29(41)37-13-11-36(12-14-37)10-8-21-17-39(35-34-21)25-3-2-9-38(28(25)40)22-6-4-19(30)5-7-22/h4-7,15-17,25,33H,2-3,8-14H2,1H3. The Kier molecular flexibility index (Phi) is 7.60. The van der Waals surface area contributed by atoms with Gasteiger partial charge < -0.3 is 14.8 Å². The van der Waals surface area contributed by atoms with E-state index < -0.39 is 11.6 Å². The molecule has 2 saturated heterocycles. The van der Waals surface area contributed by atoms with Crippen LogP contribution in [0, 0.1) is 18.6 Å². The van der Waals surface area contributed by atoms with E-state index in [2.05, 4.69) is 36.1 Å². The minimum atomic E-state index is -0.710. The largest absolute Gasteiger partial charge is 0.348 e. The van der Waals surface area contributed by atoms with Crippen molar-refractivity contribution in [1.82, 2.24) is 29.8 Å². The number of piperidine rings is 1. The molecule has 0 radical (unpaired) electrons. The third kappa shape index (κ3) is 5.50. The topological polar surface area (TPSA) is 90.4 Å². The van der Waals surface area contributed by atoms with E-state index in [1.807, 2.05) is 35.4 Å². The second-order valence-electron chi connectivity index (χ2n) is 10.6. The number of hydrogen-bond acceptors (Lipinski definition) is 5. The third-order valence-corrected chi connectivity index (χ3v) is 8.60. The molecule has 41 heavy (non-hydrogen) atoms. The molecule has 2 aromatic carbocycles. The van der Waals surface area contributed by atoms with Crippen molar-refractivity contribution in [1.29, 1.82) is 0 Å². The first-order valence-electron chi connectivity index (χ1n) is 13.7. The molecule has 2 aliphatic rings. The number of fused-ring (bicyclic) bond motifs is 1. The molecule has 214 valence electrons. The highest BCUT2D eigenvalue weighted by atomic mass is 79.9. The highest BCUT2D eigenvalue weighted by Gasteiger charge is 2.32. The number of piperazine rings is 1. The number of hydrogen-bond donors (Lipinski definition) is 1. The first-order chi connectivity index (χ1) is 19.8. The van der Waals surface area contributed by atoms with E-state index in [-0.39, 0.29) is 23.4 Å². The Morgan fingerprint density at radius 3 is 2.61 bits per heavy atom. The molecule has 2 aliphatic heterocycles. The number of aromatic nitrogens is 4. The number of rotatable bonds is 6. The van der Waals surface area contributed by atoms with Crippen LogP contribution in [0.5, 0.6) is 0 Å². The Morgan fingerprint density at radius 1 is 1.10 bits per heavy atom. The molecular weight excluding hydrogens is 596 g/mol. The third-order valence-electron chi connectivity index (χ3n) is 8.07. The van der Waals surface area contributed by atoms with Crippen LogP contribution in [-0.2, 0) is 11.2 Å². The van der Waals surface area contributed by atoms with E-state index in [4.69, 9.17) is 0 Å². The van der Waals surface area contributed by atoms with Gasteiger partial charge in [-0.25, -0.2) is 13.5 Å². The van der Waals surface area contributed by atoms with Gasteiger partial charge >= 0.3 is 0 Å². The molecule has 0 spiro atoms. The summed E-state index contributed by atoms with van der Waals surface area (Å²) in [5, 5.41) is 9.00. The SMILES string of the molecule is Cc1c(C(=O)N2CCN(CCc3cn(C4CCCN(c5ccc(Br)cc5)C4=O)nn3)CC2)[nH]c2c(F)cc(F)cc12. The van der Waals surface area contributed by atoms with Crippen molar-refractivity contribution in [3.05, 3.63) is 75.7 Å². The number of amides is 2. The number of nitrogens with zero attached hydrogens (tertiary/aromatic N) is 6. The second-order valence-corrected chi connectivity index (χ2v) is 11.5. The molecule has 1 unspecified atom stereocenters. The maximum atomic E-state index is 14.2. The van der Waals surface area contributed by atoms with Crippen LogP contribution < -0.4 is 4.90 Å². The summed E-state index contributed by atoms with van der Waals surface area (Å²) in [4.78, 5) is 35.1. The molecule has 6 rings (SSSR count). The molecule has 1 atom stereocenters. The normalized spacial score (nSPS) is 18.4. The molecular formula is C29H30BrF2N7O2. The summed E-state index contributed by atoms with van der Waals surface area (Å²) in [6, 6.07) is 9.43. The van der Waals surface area contributed by atoms with Gasteiger partial charge in [-0.2, -0.15) is 0 Å². The van der Waals surface area contributed by atoms with Gasteiger partial charge in [0.2, 0.25) is 0 Å². The second kappa shape index (κ2) is 11.3. The number of H-pyrrole nitrogens is 1. The lowest BCUT2D eigenvalue weighted by atomic mass is 10.0. The fourth-order valence-electron chi connectivity index (χ4n) is 5.73. The van der Waals surface area contributed by atoms with E-state index in [0.717, 1.165) is 41.3 Å². The number of benzene rings is 2. The Labute approximate surface area is 244 Å². The van der Waals surface area contributed by atoms with Gasteiger partial charge in [0.05, 0.1) is 11.2 Å². The van der Waals surface area contributed by atoms with Crippen molar-refractivity contribution in [3.63, 3.8) is 0 Å². The Morgan fingerprint density at radius 2 is 1.85 bits per heavy atom. The van der Waals surface area contributed by atoms with Gasteiger partial charge in [-0.3, -0.25) is 14.5 Å². The molecule has 4 aromatic rings. The van der Waals surface area contributed by atoms with Gasteiger partial charge in [0.1, 0.15) is 23.4 Å². The summed E-state index contributed by atoms with van der Waals surface area (Å²) in [7, 11) is 0. The summed E-state index contributed by atoms with van der Waals surface area (Å²) < 4.78 is 30.6. The number of nitrogens with one attached hydrogen (secondary N) is 1. The van der Waals surface area contributed by atoms with Crippen LogP contribution >= 0.6 is 15.9 Å². The molecule has 0 saturated carbocycles. The van der Waals surface area contributed by atoms with Gasteiger partial charge in [0, 0.05) is 73.5 Å². The van der Waals surface area contributed by atoms with E-state index in [1.54, 1.807) is 16.5 Å². The van der Waals surface area contributed by atoms with Crippen molar-refractivity contribution in [2.75, 3.05) is 44.2 Å². The van der Waals surface area contributed by atoms with Crippen molar-refractivity contribution >= 4 is 44.3 Å². The monoisotopic (exact) mass is 625 g/mol. The van der Waals surface area contributed by atoms with E-state index >= 15 is 0 Å². The predicted octanol–water partition coefficient (Wildman–Crippen LogP) is 4.48. The lowest BCUT2D eigenvalue weighted by Crippen LogP contribution is -2.49. The van der Waals surface area contributed by atoms with Gasteiger partial charge in [0.15, 0.2) is 0 Å². The molecule has 9 nitrogen and oxygen atoms in total. The summed E-state index contributed by atoms with van der Waals surface area (Å²) in [5.41, 5.74) is 2.69. The first kappa shape index (κ1) is 27.5. The number of carbonyl (C=O) groups is 2. The number of carbonyl (C=O) groups excluding carboxylic acids is 2. The average molecular weight is 627 g/mol. The fourth-order valence-corrected chi connectivity index (χ4v) is 5.99. The number of anilines is 1. The Balaban J connectivity index is 1.03. The van der Waals surface area contributed by atoms with Crippen LogP contribution in [0.2, 0.25) is 0 Å². The number of aromatic amines is 1. The number of aryl methyl sites for hydroxylation is 1. The zero-order valence-corrected chi connectivity index (χ0v) is 24.2. The molecule has 2 fully saturated rings. The van der Waals surface area contributed by atoms with Crippen molar-refractivity contribution in [2.45, 2.75) is 32.2 Å². The molecule has 0 bridgehead atoms. The molecule has 1 N–H and O–H groups in total. The van der Waals surface area contributed by atoms with Crippen LogP contribution in [0.15, 0.2) is 47.1 Å². The van der Waals surface area contributed by atoms with Gasteiger partial charge in [-0.05, 0) is 55.7 Å². The first-order valence-corrected chi connectivity index (χ1v) is 14.5. The number of halogens is 3. The van der Waals surface area contributed by atoms with Gasteiger partial charge in [-0.15, -0.1) is 5.10 Å². The van der Waals surface area contributed by atoms with Crippen molar-refractivity contribution in [2.24, 2.45) is 0 Å². The van der Waals surface area contributed by atoms with Crippen molar-refractivity contribution < 1.29 is 18.4 Å². The minimum Gasteiger partial charge on any atom is -0.348 e. The molecule has 2 aromatic heterocycles. The van der Waals surface area contributed by atoms with E-state index in [0.29, 0.717) is 55.8 Å². The molecule has 0 aliphatic carbocycles. The summed E-state index contributed by atoms with van der Waals surface area (Å²) in [6.45, 7) is 5.56. The van der Waals surface area contributed by atoms with E-state index in [1.165, 1.54) is 6.07 Å². The van der Waals surface area contributed by atoms with Crippen molar-refractivity contribution in [3.8, 4) is 0 Å².